The molecule has 7 heteroatoms. The molecule has 1 saturated heterocycles. The molecule has 0 saturated carbocycles. The Morgan fingerprint density at radius 3 is 2.44 bits per heavy atom. The average Bonchev–Trinajstić information content (AvgIpc) is 2.67. The van der Waals surface area contributed by atoms with Gasteiger partial charge in [-0.05, 0) is 37.6 Å². The van der Waals surface area contributed by atoms with Crippen LogP contribution in [0.5, 0.6) is 5.75 Å². The Morgan fingerprint density at radius 2 is 1.88 bits per heavy atom. The zero-order valence-corrected chi connectivity index (χ0v) is 15.0. The smallest absolute Gasteiger partial charge is 0.260 e. The number of hydrogen-bond donors (Lipinski definition) is 1. The Morgan fingerprint density at radius 1 is 1.24 bits per heavy atom. The minimum atomic E-state index is -0.861. The molecule has 2 amide bonds. The molecule has 0 aliphatic carbocycles. The predicted molar refractivity (Wildman–Crippen MR) is 93.7 cm³/mol. The van der Waals surface area contributed by atoms with Gasteiger partial charge in [0.1, 0.15) is 11.4 Å². The van der Waals surface area contributed by atoms with Crippen molar-refractivity contribution in [1.29, 1.82) is 0 Å². The lowest BCUT2D eigenvalue weighted by atomic mass is 10.0. The SMILES string of the molecule is CC[C@](C)(OC)C(=O)Nc1ccc(OCC(=O)N2CCOCC2)cc1. The second-order valence-electron chi connectivity index (χ2n) is 6.05. The van der Waals surface area contributed by atoms with Crippen molar-refractivity contribution in [2.45, 2.75) is 25.9 Å². The van der Waals surface area contributed by atoms with Gasteiger partial charge >= 0.3 is 0 Å². The van der Waals surface area contributed by atoms with E-state index in [1.165, 1.54) is 7.11 Å². The van der Waals surface area contributed by atoms with Crippen LogP contribution < -0.4 is 10.1 Å². The fourth-order valence-electron chi connectivity index (χ4n) is 2.34. The first-order valence-corrected chi connectivity index (χ1v) is 8.43. The zero-order chi connectivity index (χ0) is 18.3. The monoisotopic (exact) mass is 350 g/mol. The van der Waals surface area contributed by atoms with E-state index in [0.717, 1.165) is 0 Å². The summed E-state index contributed by atoms with van der Waals surface area (Å²) in [7, 11) is 1.52. The Hall–Kier alpha value is -2.12. The van der Waals surface area contributed by atoms with Gasteiger partial charge < -0.3 is 24.4 Å². The van der Waals surface area contributed by atoms with Gasteiger partial charge in [-0.25, -0.2) is 0 Å². The van der Waals surface area contributed by atoms with Gasteiger partial charge in [0.15, 0.2) is 6.61 Å². The molecule has 1 aromatic carbocycles. The van der Waals surface area contributed by atoms with Crippen LogP contribution in [0.15, 0.2) is 24.3 Å². The van der Waals surface area contributed by atoms with E-state index in [1.54, 1.807) is 36.1 Å². The first-order valence-electron chi connectivity index (χ1n) is 8.43. The van der Waals surface area contributed by atoms with Crippen LogP contribution in [0.2, 0.25) is 0 Å². The molecule has 2 rings (SSSR count). The van der Waals surface area contributed by atoms with Crippen LogP contribution in [0, 0.1) is 0 Å². The molecule has 25 heavy (non-hydrogen) atoms. The lowest BCUT2D eigenvalue weighted by molar-refractivity contribution is -0.137. The number of ether oxygens (including phenoxy) is 3. The maximum atomic E-state index is 12.2. The average molecular weight is 350 g/mol. The van der Waals surface area contributed by atoms with Crippen molar-refractivity contribution in [3.63, 3.8) is 0 Å². The fraction of sp³-hybridized carbons (Fsp3) is 0.556. The predicted octanol–water partition coefficient (Wildman–Crippen LogP) is 1.68. The van der Waals surface area contributed by atoms with Crippen LogP contribution >= 0.6 is 0 Å². The first kappa shape index (κ1) is 19.2. The van der Waals surface area contributed by atoms with Crippen LogP contribution in [0.1, 0.15) is 20.3 Å². The summed E-state index contributed by atoms with van der Waals surface area (Å²) in [6.45, 7) is 5.97. The normalized spacial score (nSPS) is 16.8. The molecule has 1 aliphatic rings. The molecular weight excluding hydrogens is 324 g/mol. The third-order valence-electron chi connectivity index (χ3n) is 4.44. The molecule has 0 bridgehead atoms. The zero-order valence-electron chi connectivity index (χ0n) is 15.0. The highest BCUT2D eigenvalue weighted by Gasteiger charge is 2.30. The second kappa shape index (κ2) is 8.82. The van der Waals surface area contributed by atoms with E-state index >= 15 is 0 Å². The Balaban J connectivity index is 1.85. The first-order chi connectivity index (χ1) is 12.0. The summed E-state index contributed by atoms with van der Waals surface area (Å²) in [6, 6.07) is 6.91. The van der Waals surface area contributed by atoms with Crippen molar-refractivity contribution in [2.24, 2.45) is 0 Å². The molecule has 7 nitrogen and oxygen atoms in total. The highest BCUT2D eigenvalue weighted by molar-refractivity contribution is 5.97. The maximum Gasteiger partial charge on any atom is 0.260 e. The molecule has 0 unspecified atom stereocenters. The van der Waals surface area contributed by atoms with E-state index in [0.29, 0.717) is 44.2 Å². The summed E-state index contributed by atoms with van der Waals surface area (Å²) in [5.74, 6) is 0.317. The molecule has 0 spiro atoms. The third-order valence-corrected chi connectivity index (χ3v) is 4.44. The Kier molecular flexibility index (Phi) is 6.78. The number of benzene rings is 1. The number of anilines is 1. The molecule has 1 atom stereocenters. The van der Waals surface area contributed by atoms with Crippen molar-refractivity contribution in [1.82, 2.24) is 4.90 Å². The highest BCUT2D eigenvalue weighted by Crippen LogP contribution is 2.20. The molecule has 0 aromatic heterocycles. The summed E-state index contributed by atoms with van der Waals surface area (Å²) in [6.07, 6.45) is 0.570. The Bertz CT molecular complexity index is 578. The molecule has 138 valence electrons. The molecule has 1 heterocycles. The summed E-state index contributed by atoms with van der Waals surface area (Å²) >= 11 is 0. The van der Waals surface area contributed by atoms with Crippen molar-refractivity contribution < 1.29 is 23.8 Å². The molecule has 1 N–H and O–H groups in total. The van der Waals surface area contributed by atoms with Crippen molar-refractivity contribution in [3.8, 4) is 5.75 Å². The number of rotatable bonds is 7. The molecule has 0 radical (unpaired) electrons. The molecular formula is C18H26N2O5. The third kappa shape index (κ3) is 5.17. The standard InChI is InChI=1S/C18H26N2O5/c1-4-18(2,23-3)17(22)19-14-5-7-15(8-6-14)25-13-16(21)20-9-11-24-12-10-20/h5-8H,4,9-13H2,1-3H3,(H,19,22)/t18-/m0/s1. The summed E-state index contributed by atoms with van der Waals surface area (Å²) in [4.78, 5) is 26.0. The number of nitrogens with one attached hydrogen (secondary N) is 1. The topological polar surface area (TPSA) is 77.1 Å². The minimum absolute atomic E-state index is 0.0106. The van der Waals surface area contributed by atoms with E-state index in [2.05, 4.69) is 5.32 Å². The van der Waals surface area contributed by atoms with Gasteiger partial charge in [-0.2, -0.15) is 0 Å². The molecule has 1 fully saturated rings. The summed E-state index contributed by atoms with van der Waals surface area (Å²) in [5.41, 5.74) is -0.215. The maximum absolute atomic E-state index is 12.2. The number of amides is 2. The van der Waals surface area contributed by atoms with Gasteiger partial charge in [-0.1, -0.05) is 6.92 Å². The van der Waals surface area contributed by atoms with E-state index in [9.17, 15) is 9.59 Å². The van der Waals surface area contributed by atoms with Gasteiger partial charge in [0.25, 0.3) is 11.8 Å². The molecule has 1 aliphatic heterocycles. The second-order valence-corrected chi connectivity index (χ2v) is 6.05. The van der Waals surface area contributed by atoms with Gasteiger partial charge in [-0.15, -0.1) is 0 Å². The van der Waals surface area contributed by atoms with Crippen molar-refractivity contribution in [3.05, 3.63) is 24.3 Å². The van der Waals surface area contributed by atoms with E-state index in [1.807, 2.05) is 6.92 Å². The van der Waals surface area contributed by atoms with E-state index in [4.69, 9.17) is 14.2 Å². The van der Waals surface area contributed by atoms with Crippen LogP contribution in [0.4, 0.5) is 5.69 Å². The quantitative estimate of drug-likeness (QED) is 0.810. The van der Waals surface area contributed by atoms with Crippen LogP contribution in [-0.2, 0) is 19.1 Å². The van der Waals surface area contributed by atoms with Crippen LogP contribution in [-0.4, -0.2) is 62.3 Å². The highest BCUT2D eigenvalue weighted by atomic mass is 16.5. The van der Waals surface area contributed by atoms with Gasteiger partial charge in [0.2, 0.25) is 0 Å². The minimum Gasteiger partial charge on any atom is -0.484 e. The number of carbonyl (C=O) groups excluding carboxylic acids is 2. The summed E-state index contributed by atoms with van der Waals surface area (Å²) < 4.78 is 16.0. The van der Waals surface area contributed by atoms with Crippen LogP contribution in [0.25, 0.3) is 0 Å². The van der Waals surface area contributed by atoms with Gasteiger partial charge in [0, 0.05) is 25.9 Å². The van der Waals surface area contributed by atoms with E-state index in [-0.39, 0.29) is 18.4 Å². The van der Waals surface area contributed by atoms with Crippen LogP contribution in [0.3, 0.4) is 0 Å². The summed E-state index contributed by atoms with van der Waals surface area (Å²) in [5, 5.41) is 2.82. The number of carbonyl (C=O) groups is 2. The van der Waals surface area contributed by atoms with Crippen molar-refractivity contribution >= 4 is 17.5 Å². The largest absolute Gasteiger partial charge is 0.484 e. The Labute approximate surface area is 148 Å². The van der Waals surface area contributed by atoms with Crippen molar-refractivity contribution in [2.75, 3.05) is 45.3 Å². The lowest BCUT2D eigenvalue weighted by Gasteiger charge is -2.26. The van der Waals surface area contributed by atoms with Gasteiger partial charge in [-0.3, -0.25) is 9.59 Å². The number of nitrogens with zero attached hydrogens (tertiary/aromatic N) is 1. The van der Waals surface area contributed by atoms with Gasteiger partial charge in [0.05, 0.1) is 13.2 Å². The molecule has 1 aromatic rings. The lowest BCUT2D eigenvalue weighted by Crippen LogP contribution is -2.43. The van der Waals surface area contributed by atoms with E-state index < -0.39 is 5.60 Å². The number of hydrogen-bond acceptors (Lipinski definition) is 5. The fourth-order valence-corrected chi connectivity index (χ4v) is 2.34. The number of morpholine rings is 1. The number of methoxy groups -OCH3 is 1.